The van der Waals surface area contributed by atoms with Gasteiger partial charge in [0.1, 0.15) is 63.2 Å². The van der Waals surface area contributed by atoms with Crippen LogP contribution in [0.2, 0.25) is 0 Å². The van der Waals surface area contributed by atoms with Gasteiger partial charge in [0, 0.05) is 163 Å². The van der Waals surface area contributed by atoms with Gasteiger partial charge in [-0.3, -0.25) is 33.1 Å². The van der Waals surface area contributed by atoms with Crippen LogP contribution >= 0.6 is 0 Å². The van der Waals surface area contributed by atoms with E-state index < -0.39 is 81.7 Å². The number of aryl methyl sites for hydroxylation is 2. The minimum Gasteiger partial charge on any atom is -0.496 e. The van der Waals surface area contributed by atoms with Crippen molar-refractivity contribution in [2.45, 2.75) is 126 Å². The Kier molecular flexibility index (Phi) is 24.3. The molecular weight excluding hydrogens is 1690 g/mol. The smallest absolute Gasteiger partial charge is 0.419 e. The molecule has 20 rings (SSSR count). The number of nitrogens with zero attached hydrogens (tertiary/aromatic N) is 11. The van der Waals surface area contributed by atoms with Gasteiger partial charge >= 0.3 is 12.8 Å². The Balaban J connectivity index is 0.000000122. The van der Waals surface area contributed by atoms with Crippen molar-refractivity contribution < 1.29 is 92.2 Å². The molecule has 23 nitrogen and oxygen atoms in total. The van der Waals surface area contributed by atoms with Gasteiger partial charge in [-0.25, -0.2) is 13.2 Å². The number of nitriles is 1. The highest BCUT2D eigenvalue weighted by atomic mass is 19.4. The summed E-state index contributed by atoms with van der Waals surface area (Å²) in [6.07, 6.45) is 6.78. The molecule has 0 unspecified atom stereocenters. The third-order valence-electron chi connectivity index (χ3n) is 25.6. The number of halogens is 8. The number of aromatic nitrogens is 6. The number of rotatable bonds is 13. The fourth-order valence-corrected chi connectivity index (χ4v) is 18.7. The molecule has 4 fully saturated rings. The Labute approximate surface area is 744 Å². The minimum absolute atomic E-state index is 0.00283. The summed E-state index contributed by atoms with van der Waals surface area (Å²) in [4.78, 5) is 59.0. The molecule has 31 heteroatoms. The van der Waals surface area contributed by atoms with Gasteiger partial charge < -0.3 is 62.1 Å². The highest BCUT2D eigenvalue weighted by Crippen LogP contribution is 2.54. The lowest BCUT2D eigenvalue weighted by atomic mass is 9.81. The zero-order valence-electron chi connectivity index (χ0n) is 72.1. The first-order valence-corrected chi connectivity index (χ1v) is 43.2. The van der Waals surface area contributed by atoms with E-state index in [4.69, 9.17) is 33.2 Å². The highest BCUT2D eigenvalue weighted by molar-refractivity contribution is 5.98. The summed E-state index contributed by atoms with van der Waals surface area (Å²) >= 11 is 0. The minimum atomic E-state index is -4.63. The number of likely N-dealkylation sites (tertiary alicyclic amines) is 4. The molecule has 8 aliphatic rings. The second kappa shape index (κ2) is 35.9. The normalized spacial score (nSPS) is 16.6. The van der Waals surface area contributed by atoms with E-state index in [1.54, 1.807) is 22.8 Å². The molecule has 4 amide bonds. The van der Waals surface area contributed by atoms with Crippen molar-refractivity contribution in [3.05, 3.63) is 286 Å². The summed E-state index contributed by atoms with van der Waals surface area (Å²) < 4.78 is 162. The quantitative estimate of drug-likeness (QED) is 0.0979. The molecule has 0 bridgehead atoms. The summed E-state index contributed by atoms with van der Waals surface area (Å²) in [5, 5.41) is 18.6. The maximum Gasteiger partial charge on any atom is 0.419 e. The van der Waals surface area contributed by atoms with Crippen LogP contribution in [0, 0.1) is 28.8 Å². The lowest BCUT2D eigenvalue weighted by Gasteiger charge is -2.45. The van der Waals surface area contributed by atoms with Crippen molar-refractivity contribution >= 4 is 23.6 Å². The number of piperidine rings is 4. The maximum atomic E-state index is 14.1. The fraction of sp³-hybridized carbons (Fsp3) is 0.323. The van der Waals surface area contributed by atoms with Crippen LogP contribution < -0.4 is 37.9 Å². The van der Waals surface area contributed by atoms with E-state index in [0.29, 0.717) is 108 Å². The third-order valence-corrected chi connectivity index (χ3v) is 25.6. The molecule has 4 aromatic heterocycles. The first-order chi connectivity index (χ1) is 62.7. The van der Waals surface area contributed by atoms with Crippen molar-refractivity contribution in [3.8, 4) is 86.0 Å². The maximum absolute atomic E-state index is 14.1. The van der Waals surface area contributed by atoms with Crippen molar-refractivity contribution in [1.29, 1.82) is 5.26 Å². The van der Waals surface area contributed by atoms with Gasteiger partial charge in [-0.2, -0.15) is 37.4 Å². The van der Waals surface area contributed by atoms with Crippen molar-refractivity contribution in [2.75, 3.05) is 66.1 Å². The Morgan fingerprint density at radius 3 is 1.52 bits per heavy atom. The number of ether oxygens (including phenoxy) is 8. The van der Waals surface area contributed by atoms with Crippen molar-refractivity contribution in [3.63, 3.8) is 0 Å². The molecule has 1 atom stereocenters. The van der Waals surface area contributed by atoms with Crippen LogP contribution in [0.15, 0.2) is 213 Å². The summed E-state index contributed by atoms with van der Waals surface area (Å²) in [5.41, 5.74) is 7.54. The number of fused-ring (bicyclic) bond motifs is 16. The predicted octanol–water partition coefficient (Wildman–Crippen LogP) is 19.1. The van der Waals surface area contributed by atoms with Gasteiger partial charge in [-0.1, -0.05) is 68.4 Å². The van der Waals surface area contributed by atoms with Gasteiger partial charge in [0.15, 0.2) is 34.4 Å². The molecule has 4 spiro atoms. The van der Waals surface area contributed by atoms with Gasteiger partial charge in [-0.15, -0.1) is 0 Å². The molecule has 0 N–H and O–H groups in total. The molecule has 8 aliphatic heterocycles. The second-order valence-electron chi connectivity index (χ2n) is 33.2. The Morgan fingerprint density at radius 1 is 0.500 bits per heavy atom. The van der Waals surface area contributed by atoms with E-state index in [1.165, 1.54) is 36.3 Å². The number of hydrogen-bond acceptors (Lipinski definition) is 15. The first kappa shape index (κ1) is 88.0. The molecule has 0 saturated carbocycles. The molecule has 0 radical (unpaired) electrons. The summed E-state index contributed by atoms with van der Waals surface area (Å²) in [6.45, 7) is 6.38. The van der Waals surface area contributed by atoms with Crippen LogP contribution in [0.4, 0.5) is 35.1 Å². The van der Waals surface area contributed by atoms with E-state index in [1.807, 2.05) is 192 Å². The van der Waals surface area contributed by atoms with Crippen LogP contribution in [0.25, 0.3) is 33.9 Å². The lowest BCUT2D eigenvalue weighted by Crippen LogP contribution is -2.50. The molecule has 12 aromatic rings. The number of hydrogen-bond donors (Lipinski definition) is 0. The van der Waals surface area contributed by atoms with E-state index in [0.717, 1.165) is 123 Å². The fourth-order valence-electron chi connectivity index (χ4n) is 18.7. The van der Waals surface area contributed by atoms with Crippen LogP contribution in [-0.4, -0.2) is 151 Å². The number of methoxy groups -OCH3 is 1. The van der Waals surface area contributed by atoms with Crippen LogP contribution in [0.3, 0.4) is 0 Å². The number of amides is 4. The number of alkyl halides is 5. The first-order valence-electron chi connectivity index (χ1n) is 43.2. The van der Waals surface area contributed by atoms with E-state index in [-0.39, 0.29) is 53.3 Å². The Hall–Kier alpha value is -14.1. The Bertz CT molecular complexity index is 6300. The van der Waals surface area contributed by atoms with Crippen molar-refractivity contribution in [2.24, 2.45) is 14.1 Å². The Morgan fingerprint density at radius 2 is 0.985 bits per heavy atom. The monoisotopic (exact) mass is 1780 g/mol. The van der Waals surface area contributed by atoms with Crippen LogP contribution in [0.1, 0.15) is 160 Å². The predicted molar refractivity (Wildman–Crippen MR) is 463 cm³/mol. The molecule has 4 saturated heterocycles. The number of carbonyl (C=O) groups excluding carboxylic acids is 4. The zero-order valence-corrected chi connectivity index (χ0v) is 72.1. The molecule has 0 aliphatic carbocycles. The number of carbonyl (C=O) groups is 4. The van der Waals surface area contributed by atoms with Gasteiger partial charge in [0.05, 0.1) is 83.1 Å². The molecule has 8 aromatic carbocycles. The average molecular weight is 1780 g/mol. The molecular formula is C99H93F8N11O12. The number of benzene rings is 8. The molecule has 130 heavy (non-hydrogen) atoms. The largest absolute Gasteiger partial charge is 0.496 e. The lowest BCUT2D eigenvalue weighted by molar-refractivity contribution is -0.139. The van der Waals surface area contributed by atoms with E-state index >= 15 is 0 Å². The van der Waals surface area contributed by atoms with Gasteiger partial charge in [-0.05, 0) is 153 Å². The van der Waals surface area contributed by atoms with Crippen LogP contribution in [-0.2, 0) is 42.7 Å². The topological polar surface area (TPSA) is 224 Å². The molecule has 12 heterocycles. The number of para-hydroxylation sites is 7. The van der Waals surface area contributed by atoms with Gasteiger partial charge in [0.2, 0.25) is 0 Å². The zero-order chi connectivity index (χ0) is 91.1. The van der Waals surface area contributed by atoms with E-state index in [2.05, 4.69) is 38.6 Å². The van der Waals surface area contributed by atoms with Gasteiger partial charge in [0.25, 0.3) is 23.6 Å². The average Bonchev–Trinajstić information content (AvgIpc) is 1.51. The molecule has 672 valence electrons. The SMILES string of the molecule is CCCOc1ccc(C(=O)N2CCC3(CC2)Oc2ccccc2-c2c3cnn2C)cc1.CC[C@H](C)Oc1ccc(C(=O)N2CCC3(CC2)Oc2ccccc2-n2cccc23)cc1C(F)(F)F.COc1cc(F)c(F)cc1C(=O)N1CCC2(CC1)Oc1ccccc1-c1c2cnn1C.N#Cc1ccc2n1-c1ccccc1OC21CCN(C(=O)c2cccc(F)c2OC(F)F)CC1. The van der Waals surface area contributed by atoms with Crippen LogP contribution in [0.5, 0.6) is 46.0 Å². The van der Waals surface area contributed by atoms with E-state index in [9.17, 15) is 59.6 Å². The highest BCUT2D eigenvalue weighted by Gasteiger charge is 2.51. The summed E-state index contributed by atoms with van der Waals surface area (Å²) in [7, 11) is 5.20. The summed E-state index contributed by atoms with van der Waals surface area (Å²) in [5.74, 6) is -1.61. The third kappa shape index (κ3) is 16.6. The van der Waals surface area contributed by atoms with Crippen molar-refractivity contribution in [1.82, 2.24) is 48.3 Å². The standard InChI is InChI=1S/C27H27F3N2O3.C25H27N3O3.C24H18F3N3O3.C23H21F2N3O3/c1-3-18(2)34-22-11-10-19(17-20(22)27(28,29)30)25(33)31-15-12-26(13-16-31)24-9-6-14-32(24)21-7-4-5-8-23(21)35-26;1-3-16-30-19-10-8-18(9-11-19)24(29)28-14-12-25(13-15-28)21-17-26-27(2)23(21)20-6-4-5-7-22(20)31-25;25-17-5-3-4-16(21(17)32-23(26)27)22(31)29-12-10-24(11-13-29)20-9-8-15(14-28)30(20)18-6-1-2-7-19(18)33-24;1-27-21-14-5-3-4-6-19(14)31-23(16(21)13-26-27)7-9-28(10-8-23)22(29)15-11-17(24)18(25)12-20(15)30-2/h4-11,14,17-18H,3,12-13,15-16H2,1-2H3;4-11,17H,3,12-16H2,1-2H3;1-9,23H,10-13H2;3-6,11-13H,7-10H2,1-2H3/t18-;;;/m0.../s1. The second-order valence-corrected chi connectivity index (χ2v) is 33.2. The summed E-state index contributed by atoms with van der Waals surface area (Å²) in [6, 6.07) is 57.3.